The van der Waals surface area contributed by atoms with Crippen LogP contribution in [0.5, 0.6) is 0 Å². The molecule has 7 atom stereocenters. The van der Waals surface area contributed by atoms with Crippen LogP contribution in [-0.2, 0) is 28.7 Å². The lowest BCUT2D eigenvalue weighted by atomic mass is 9.99. The largest absolute Gasteiger partial charge is 0.480 e. The number of nitrogens with two attached hydrogens (primary N) is 2. The Bertz CT molecular complexity index is 687. The number of carbonyl (C=O) groups is 4. The molecule has 3 amide bonds. The zero-order valence-electron chi connectivity index (χ0n) is 21.3. The van der Waals surface area contributed by atoms with Crippen molar-refractivity contribution < 1.29 is 54.2 Å². The molecular weight excluding hydrogens is 498 g/mol. The summed E-state index contributed by atoms with van der Waals surface area (Å²) in [6.07, 6.45) is -3.96. The average molecular weight is 540 g/mol. The Morgan fingerprint density at radius 2 is 1.73 bits per heavy atom. The third-order valence-corrected chi connectivity index (χ3v) is 5.66. The van der Waals surface area contributed by atoms with E-state index < -0.39 is 49.3 Å². The summed E-state index contributed by atoms with van der Waals surface area (Å²) in [6, 6.07) is -1.24. The molecule has 0 aromatic heterocycles. The van der Waals surface area contributed by atoms with Gasteiger partial charge in [-0.3, -0.25) is 19.2 Å². The molecule has 2 heterocycles. The summed E-state index contributed by atoms with van der Waals surface area (Å²) in [5, 5.41) is 49.8. The maximum atomic E-state index is 11.3. The molecule has 2 rings (SSSR count). The predicted octanol–water partition coefficient (Wildman–Crippen LogP) is -4.96. The lowest BCUT2D eigenvalue weighted by Gasteiger charge is -2.38. The molecule has 0 aromatic rings. The fourth-order valence-corrected chi connectivity index (χ4v) is 3.42. The number of methoxy groups -OCH3 is 1. The second-order valence-electron chi connectivity index (χ2n) is 8.15. The number of carbonyl (C=O) groups excluding carboxylic acids is 3. The van der Waals surface area contributed by atoms with Crippen molar-refractivity contribution in [2.24, 2.45) is 11.5 Å². The van der Waals surface area contributed by atoms with Gasteiger partial charge in [0.05, 0.1) is 13.2 Å². The van der Waals surface area contributed by atoms with E-state index in [1.807, 2.05) is 0 Å². The predicted molar refractivity (Wildman–Crippen MR) is 128 cm³/mol. The van der Waals surface area contributed by atoms with Crippen molar-refractivity contribution in [3.8, 4) is 0 Å². The van der Waals surface area contributed by atoms with Gasteiger partial charge >= 0.3 is 5.97 Å². The summed E-state index contributed by atoms with van der Waals surface area (Å²) >= 11 is 0. The number of ether oxygens (including phenoxy) is 2. The maximum Gasteiger partial charge on any atom is 0.320 e. The second-order valence-corrected chi connectivity index (χ2v) is 8.15. The SMILES string of the molecule is CNC(=O)CC[C@H](N)C(=O)O.CNC(=O)[C@@H]1CCCN1C(=O)CN.CO[C@@H]1OC(CO)[C@H](O)[C@H](O)C1O. The fourth-order valence-electron chi connectivity index (χ4n) is 3.42. The number of nitrogens with one attached hydrogen (secondary N) is 2. The summed E-state index contributed by atoms with van der Waals surface area (Å²) in [4.78, 5) is 44.8. The smallest absolute Gasteiger partial charge is 0.320 e. The van der Waals surface area contributed by atoms with Crippen LogP contribution in [0.2, 0.25) is 0 Å². The molecule has 0 bridgehead atoms. The number of amides is 3. The Labute approximate surface area is 214 Å². The van der Waals surface area contributed by atoms with Gasteiger partial charge in [-0.05, 0) is 19.3 Å². The number of aliphatic hydroxyl groups is 4. The van der Waals surface area contributed by atoms with E-state index >= 15 is 0 Å². The number of rotatable bonds is 8. The summed E-state index contributed by atoms with van der Waals surface area (Å²) in [5.74, 6) is -1.51. The highest BCUT2D eigenvalue weighted by molar-refractivity contribution is 5.88. The first kappa shape index (κ1) is 34.6. The quantitative estimate of drug-likeness (QED) is 0.140. The monoisotopic (exact) mass is 539 g/mol. The number of carboxylic acids is 1. The first-order valence-electron chi connectivity index (χ1n) is 11.6. The van der Waals surface area contributed by atoms with Gasteiger partial charge in [0, 0.05) is 34.2 Å². The van der Waals surface area contributed by atoms with Crippen molar-refractivity contribution >= 4 is 23.7 Å². The van der Waals surface area contributed by atoms with Gasteiger partial charge in [-0.25, -0.2) is 0 Å². The van der Waals surface area contributed by atoms with Crippen LogP contribution >= 0.6 is 0 Å². The maximum absolute atomic E-state index is 11.3. The number of nitrogens with zero attached hydrogens (tertiary/aromatic N) is 1. The average Bonchev–Trinajstić information content (AvgIpc) is 3.40. The molecule has 2 saturated heterocycles. The second kappa shape index (κ2) is 17.9. The van der Waals surface area contributed by atoms with Crippen LogP contribution in [0.3, 0.4) is 0 Å². The van der Waals surface area contributed by atoms with E-state index in [2.05, 4.69) is 10.6 Å². The van der Waals surface area contributed by atoms with Crippen molar-refractivity contribution in [1.29, 1.82) is 0 Å². The molecule has 0 radical (unpaired) electrons. The van der Waals surface area contributed by atoms with E-state index in [1.54, 1.807) is 11.9 Å². The van der Waals surface area contributed by atoms with E-state index in [1.165, 1.54) is 14.2 Å². The number of carboxylic acid groups (broad SMARTS) is 1. The van der Waals surface area contributed by atoms with Crippen molar-refractivity contribution in [2.45, 2.75) is 68.5 Å². The van der Waals surface area contributed by atoms with E-state index in [9.17, 15) is 34.5 Å². The lowest BCUT2D eigenvalue weighted by molar-refractivity contribution is -0.294. The standard InChI is InChI=1S/C8H15N3O2.C7H14O6.C6H12N2O3/c1-10-8(13)6-3-2-4-11(6)7(12)5-9;1-12-7-6(11)5(10)4(9)3(2-8)13-7;1-8-5(9)3-2-4(7)6(10)11/h6H,2-5,9H2,1H3,(H,10,13);3-11H,2H2,1H3;4H,2-3,7H2,1H3,(H,8,9)(H,10,11)/t6-;3?,4-,5-,6?,7+;4-/m000/s1. The fraction of sp³-hybridized carbons (Fsp3) is 0.810. The number of likely N-dealkylation sites (tertiary alicyclic amines) is 1. The highest BCUT2D eigenvalue weighted by Gasteiger charge is 2.43. The minimum absolute atomic E-state index is 0.0203. The van der Waals surface area contributed by atoms with Crippen molar-refractivity contribution in [3.05, 3.63) is 0 Å². The van der Waals surface area contributed by atoms with Crippen LogP contribution in [0, 0.1) is 0 Å². The number of aliphatic hydroxyl groups excluding tert-OH is 4. The third kappa shape index (κ3) is 11.2. The van der Waals surface area contributed by atoms with E-state index in [-0.39, 0.29) is 43.1 Å². The normalized spacial score (nSPS) is 27.5. The third-order valence-electron chi connectivity index (χ3n) is 5.66. The molecule has 2 aliphatic rings. The molecule has 2 fully saturated rings. The van der Waals surface area contributed by atoms with Crippen LogP contribution in [0.1, 0.15) is 25.7 Å². The minimum atomic E-state index is -1.36. The van der Waals surface area contributed by atoms with Gasteiger partial charge in [0.15, 0.2) is 6.29 Å². The molecule has 0 aliphatic carbocycles. The van der Waals surface area contributed by atoms with Crippen LogP contribution in [0.15, 0.2) is 0 Å². The van der Waals surface area contributed by atoms with Gasteiger partial charge in [-0.2, -0.15) is 0 Å². The zero-order chi connectivity index (χ0) is 28.7. The first-order valence-corrected chi connectivity index (χ1v) is 11.6. The van der Waals surface area contributed by atoms with Gasteiger partial charge in [-0.15, -0.1) is 0 Å². The minimum Gasteiger partial charge on any atom is -0.480 e. The molecule has 16 nitrogen and oxygen atoms in total. The van der Waals surface area contributed by atoms with E-state index in [4.69, 9.17) is 31.2 Å². The van der Waals surface area contributed by atoms with E-state index in [0.29, 0.717) is 6.54 Å². The summed E-state index contributed by atoms with van der Waals surface area (Å²) < 4.78 is 9.65. The summed E-state index contributed by atoms with van der Waals surface area (Å²) in [6.45, 7) is 0.187. The van der Waals surface area contributed by atoms with Crippen molar-refractivity contribution in [3.63, 3.8) is 0 Å². The lowest BCUT2D eigenvalue weighted by Crippen LogP contribution is -2.58. The number of aliphatic carboxylic acids is 1. The summed E-state index contributed by atoms with van der Waals surface area (Å²) in [7, 11) is 4.37. The van der Waals surface area contributed by atoms with Gasteiger partial charge in [0.2, 0.25) is 17.7 Å². The topological polar surface area (TPSA) is 267 Å². The van der Waals surface area contributed by atoms with Crippen molar-refractivity contribution in [2.75, 3.05) is 40.9 Å². The molecule has 16 heteroatoms. The Kier molecular flexibility index (Phi) is 16.7. The zero-order valence-corrected chi connectivity index (χ0v) is 21.3. The molecule has 2 unspecified atom stereocenters. The number of hydrogen-bond donors (Lipinski definition) is 9. The molecule has 37 heavy (non-hydrogen) atoms. The van der Waals surface area contributed by atoms with Crippen LogP contribution < -0.4 is 22.1 Å². The Morgan fingerprint density at radius 1 is 1.11 bits per heavy atom. The Hall–Kier alpha value is -2.44. The highest BCUT2D eigenvalue weighted by Crippen LogP contribution is 2.21. The Morgan fingerprint density at radius 3 is 2.19 bits per heavy atom. The van der Waals surface area contributed by atoms with Crippen LogP contribution in [-0.4, -0.2) is 138 Å². The highest BCUT2D eigenvalue weighted by atomic mass is 16.7. The molecule has 2 aliphatic heterocycles. The van der Waals surface area contributed by atoms with Gasteiger partial charge in [0.1, 0.15) is 36.5 Å². The molecule has 0 saturated carbocycles. The van der Waals surface area contributed by atoms with E-state index in [0.717, 1.165) is 12.8 Å². The number of hydrogen-bond acceptors (Lipinski definition) is 12. The molecule has 0 spiro atoms. The van der Waals surface area contributed by atoms with Crippen molar-refractivity contribution in [1.82, 2.24) is 15.5 Å². The van der Waals surface area contributed by atoms with Crippen LogP contribution in [0.4, 0.5) is 0 Å². The van der Waals surface area contributed by atoms with Gasteiger partial charge < -0.3 is 62.0 Å². The van der Waals surface area contributed by atoms with Crippen LogP contribution in [0.25, 0.3) is 0 Å². The summed E-state index contributed by atoms with van der Waals surface area (Å²) in [5.41, 5.74) is 10.4. The molecule has 11 N–H and O–H groups in total. The molecule has 0 aromatic carbocycles. The van der Waals surface area contributed by atoms with Gasteiger partial charge in [0.25, 0.3) is 0 Å². The Balaban J connectivity index is 0.000000528. The molecule has 216 valence electrons. The number of likely N-dealkylation sites (N-methyl/N-ethyl adjacent to an activating group) is 1. The molecular formula is C21H41N5O11. The van der Waals surface area contributed by atoms with Gasteiger partial charge in [-0.1, -0.05) is 0 Å². The first-order chi connectivity index (χ1) is 17.4.